The third-order valence-electron chi connectivity index (χ3n) is 6.10. The van der Waals surface area contributed by atoms with Crippen molar-refractivity contribution in [2.24, 2.45) is 5.92 Å². The van der Waals surface area contributed by atoms with E-state index in [-0.39, 0.29) is 17.7 Å². The summed E-state index contributed by atoms with van der Waals surface area (Å²) in [5.41, 5.74) is -2.10. The number of rotatable bonds is 6. The van der Waals surface area contributed by atoms with Crippen LogP contribution in [0.2, 0.25) is 0 Å². The van der Waals surface area contributed by atoms with Crippen LogP contribution in [0.5, 0.6) is 0 Å². The summed E-state index contributed by atoms with van der Waals surface area (Å²) in [7, 11) is -8.36. The highest BCUT2D eigenvalue weighted by atomic mass is 32.2. The molecule has 1 fully saturated rings. The zero-order chi connectivity index (χ0) is 25.7. The molecule has 1 aliphatic rings. The van der Waals surface area contributed by atoms with E-state index in [1.165, 1.54) is 13.8 Å². The molecule has 0 heterocycles. The van der Waals surface area contributed by atoms with Crippen LogP contribution >= 0.6 is 0 Å². The Kier molecular flexibility index (Phi) is 6.64. The number of nitrogens with one attached hydrogen (secondary N) is 1. The lowest BCUT2D eigenvalue weighted by Crippen LogP contribution is -2.53. The average Bonchev–Trinajstić information content (AvgIpc) is 2.69. The lowest BCUT2D eigenvalue weighted by Gasteiger charge is -2.44. The first kappa shape index (κ1) is 26.5. The van der Waals surface area contributed by atoms with Crippen LogP contribution in [0, 0.1) is 5.92 Å². The minimum atomic E-state index is -4.71. The Morgan fingerprint density at radius 1 is 0.765 bits per heavy atom. The van der Waals surface area contributed by atoms with Gasteiger partial charge in [-0.1, -0.05) is 6.07 Å². The molecule has 13 heteroatoms. The van der Waals surface area contributed by atoms with Gasteiger partial charge in [-0.15, -0.1) is 0 Å². The zero-order valence-electron chi connectivity index (χ0n) is 17.9. The van der Waals surface area contributed by atoms with E-state index in [2.05, 4.69) is 4.72 Å². The highest BCUT2D eigenvalue weighted by Gasteiger charge is 2.49. The summed E-state index contributed by atoms with van der Waals surface area (Å²) in [6.45, 7) is 2.74. The molecule has 1 saturated carbocycles. The number of benzene rings is 2. The SMILES string of the molecule is CC(C)([C@H]1C[C@H](NS(=O)(=O)c2ccc(C(F)(F)F)cc2)C1)S(=O)(=O)c1cccc(C(F)(F)F)c1. The van der Waals surface area contributed by atoms with Crippen LogP contribution in [0.4, 0.5) is 26.3 Å². The van der Waals surface area contributed by atoms with E-state index in [9.17, 15) is 43.2 Å². The minimum Gasteiger partial charge on any atom is -0.223 e. The average molecular weight is 530 g/mol. The van der Waals surface area contributed by atoms with Crippen molar-refractivity contribution < 1.29 is 43.2 Å². The molecule has 3 rings (SSSR count). The lowest BCUT2D eigenvalue weighted by atomic mass is 9.73. The van der Waals surface area contributed by atoms with E-state index in [0.717, 1.165) is 30.3 Å². The van der Waals surface area contributed by atoms with Crippen LogP contribution in [-0.2, 0) is 32.2 Å². The molecule has 5 nitrogen and oxygen atoms in total. The molecule has 0 bridgehead atoms. The van der Waals surface area contributed by atoms with Gasteiger partial charge in [0.05, 0.1) is 25.7 Å². The third kappa shape index (κ3) is 5.10. The Bertz CT molecular complexity index is 1260. The fraction of sp³-hybridized carbons (Fsp3) is 0.429. The van der Waals surface area contributed by atoms with Crippen LogP contribution in [-0.4, -0.2) is 27.6 Å². The molecule has 0 amide bonds. The molecule has 1 aliphatic carbocycles. The Balaban J connectivity index is 1.72. The monoisotopic (exact) mass is 529 g/mol. The van der Waals surface area contributed by atoms with Gasteiger partial charge in [0.25, 0.3) is 0 Å². The summed E-state index contributed by atoms with van der Waals surface area (Å²) >= 11 is 0. The van der Waals surface area contributed by atoms with Crippen molar-refractivity contribution in [1.82, 2.24) is 4.72 Å². The molecule has 2 aromatic carbocycles. The van der Waals surface area contributed by atoms with Crippen LogP contribution in [0.1, 0.15) is 37.8 Å². The smallest absolute Gasteiger partial charge is 0.223 e. The maximum Gasteiger partial charge on any atom is 0.416 e. The molecule has 0 saturated heterocycles. The van der Waals surface area contributed by atoms with Gasteiger partial charge in [-0.25, -0.2) is 21.6 Å². The summed E-state index contributed by atoms with van der Waals surface area (Å²) in [5, 5.41) is 0. The lowest BCUT2D eigenvalue weighted by molar-refractivity contribution is -0.138. The Hall–Kier alpha value is -2.12. The molecule has 0 atom stereocenters. The Morgan fingerprint density at radius 2 is 1.29 bits per heavy atom. The zero-order valence-corrected chi connectivity index (χ0v) is 19.5. The quantitative estimate of drug-likeness (QED) is 0.533. The van der Waals surface area contributed by atoms with Gasteiger partial charge in [-0.2, -0.15) is 26.3 Å². The maximum absolute atomic E-state index is 13.1. The summed E-state index contributed by atoms with van der Waals surface area (Å²) in [5.74, 6) is -0.563. The summed E-state index contributed by atoms with van der Waals surface area (Å²) < 4.78 is 129. The molecular formula is C21H21F6NO4S2. The molecule has 0 radical (unpaired) electrons. The van der Waals surface area contributed by atoms with E-state index < -0.39 is 64.9 Å². The van der Waals surface area contributed by atoms with E-state index in [0.29, 0.717) is 18.2 Å². The molecule has 0 unspecified atom stereocenters. The van der Waals surface area contributed by atoms with Crippen molar-refractivity contribution in [3.8, 4) is 0 Å². The summed E-state index contributed by atoms with van der Waals surface area (Å²) in [6, 6.07) is 5.68. The number of sulfone groups is 1. The fourth-order valence-corrected chi connectivity index (χ4v) is 6.80. The van der Waals surface area contributed by atoms with Crippen LogP contribution < -0.4 is 4.72 Å². The van der Waals surface area contributed by atoms with Crippen molar-refractivity contribution in [3.63, 3.8) is 0 Å². The molecule has 1 N–H and O–H groups in total. The first-order valence-corrected chi connectivity index (χ1v) is 12.9. The Morgan fingerprint density at radius 3 is 1.79 bits per heavy atom. The molecule has 2 aromatic rings. The fourth-order valence-electron chi connectivity index (χ4n) is 3.75. The highest BCUT2D eigenvalue weighted by molar-refractivity contribution is 7.92. The van der Waals surface area contributed by atoms with Crippen LogP contribution in [0.25, 0.3) is 0 Å². The predicted octanol–water partition coefficient (Wildman–Crippen LogP) is 5.03. The van der Waals surface area contributed by atoms with Gasteiger partial charge < -0.3 is 0 Å². The van der Waals surface area contributed by atoms with Crippen molar-refractivity contribution in [2.45, 2.75) is 59.6 Å². The van der Waals surface area contributed by atoms with Crippen LogP contribution in [0.15, 0.2) is 58.3 Å². The number of sulfonamides is 1. The minimum absolute atomic E-state index is 0.0883. The highest BCUT2D eigenvalue weighted by Crippen LogP contribution is 2.44. The number of alkyl halides is 6. The van der Waals surface area contributed by atoms with E-state index in [4.69, 9.17) is 0 Å². The van der Waals surface area contributed by atoms with E-state index in [1.807, 2.05) is 0 Å². The van der Waals surface area contributed by atoms with Crippen LogP contribution in [0.3, 0.4) is 0 Å². The molecule has 0 aliphatic heterocycles. The largest absolute Gasteiger partial charge is 0.416 e. The second kappa shape index (κ2) is 8.52. The van der Waals surface area contributed by atoms with E-state index in [1.54, 1.807) is 0 Å². The van der Waals surface area contributed by atoms with Gasteiger partial charge in [-0.05, 0) is 75.1 Å². The van der Waals surface area contributed by atoms with Gasteiger partial charge in [0.2, 0.25) is 10.0 Å². The molecule has 34 heavy (non-hydrogen) atoms. The van der Waals surface area contributed by atoms with Gasteiger partial charge in [0.1, 0.15) is 0 Å². The van der Waals surface area contributed by atoms with Gasteiger partial charge >= 0.3 is 12.4 Å². The third-order valence-corrected chi connectivity index (χ3v) is 10.2. The van der Waals surface area contributed by atoms with Crippen molar-refractivity contribution in [2.75, 3.05) is 0 Å². The summed E-state index contributed by atoms with van der Waals surface area (Å²) in [6.07, 6.45) is -9.16. The van der Waals surface area contributed by atoms with Gasteiger partial charge in [0, 0.05) is 6.04 Å². The van der Waals surface area contributed by atoms with Crippen molar-refractivity contribution >= 4 is 19.9 Å². The molecule has 0 aromatic heterocycles. The first-order valence-electron chi connectivity index (χ1n) is 9.97. The topological polar surface area (TPSA) is 80.3 Å². The molecular weight excluding hydrogens is 508 g/mol. The second-order valence-corrected chi connectivity index (χ2v) is 12.9. The number of halogens is 6. The van der Waals surface area contributed by atoms with Crippen molar-refractivity contribution in [1.29, 1.82) is 0 Å². The van der Waals surface area contributed by atoms with Crippen molar-refractivity contribution in [3.05, 3.63) is 59.7 Å². The summed E-state index contributed by atoms with van der Waals surface area (Å²) in [4.78, 5) is -0.860. The standard InChI is InChI=1S/C21H21F6NO4S2/c1-19(2,33(29,30)18-5-3-4-14(12-18)21(25,26)27)15-10-16(11-15)28-34(31,32)17-8-6-13(7-9-17)20(22,23)24/h3-9,12,15-16,28H,10-11H2,1-2H3/t15-,16-. The Labute approximate surface area is 193 Å². The number of hydrogen-bond donors (Lipinski definition) is 1. The number of hydrogen-bond acceptors (Lipinski definition) is 4. The van der Waals surface area contributed by atoms with Gasteiger partial charge in [0.15, 0.2) is 9.84 Å². The second-order valence-electron chi connectivity index (χ2n) is 8.64. The van der Waals surface area contributed by atoms with E-state index >= 15 is 0 Å². The van der Waals surface area contributed by atoms with Gasteiger partial charge in [-0.3, -0.25) is 0 Å². The molecule has 0 spiro atoms. The first-order chi connectivity index (χ1) is 15.4. The molecule has 188 valence electrons. The maximum atomic E-state index is 13.1. The predicted molar refractivity (Wildman–Crippen MR) is 111 cm³/mol. The normalized spacial score (nSPS) is 20.1.